The van der Waals surface area contributed by atoms with E-state index in [0.29, 0.717) is 17.9 Å². The van der Waals surface area contributed by atoms with Crippen molar-refractivity contribution in [3.05, 3.63) is 23.9 Å². The molecule has 0 fully saturated rings. The highest BCUT2D eigenvalue weighted by molar-refractivity contribution is 5.94. The Bertz CT molecular complexity index is 372. The first kappa shape index (κ1) is 12.4. The normalized spacial score (nSPS) is 11.0. The molecule has 0 radical (unpaired) electrons. The van der Waals surface area contributed by atoms with E-state index in [-0.39, 0.29) is 5.54 Å². The van der Waals surface area contributed by atoms with Crippen LogP contribution in [0.4, 0.5) is 5.82 Å². The maximum Gasteiger partial charge on any atom is 0.341 e. The summed E-state index contributed by atoms with van der Waals surface area (Å²) in [7, 11) is 1.34. The van der Waals surface area contributed by atoms with Gasteiger partial charge in [0.25, 0.3) is 0 Å². The summed E-state index contributed by atoms with van der Waals surface area (Å²) < 4.78 is 4.66. The van der Waals surface area contributed by atoms with Gasteiger partial charge in [-0.15, -0.1) is 0 Å². The van der Waals surface area contributed by atoms with Crippen molar-refractivity contribution in [3.63, 3.8) is 0 Å². The van der Waals surface area contributed by atoms with Crippen LogP contribution in [0, 0.1) is 0 Å². The smallest absolute Gasteiger partial charge is 0.341 e. The first-order valence-corrected chi connectivity index (χ1v) is 5.00. The van der Waals surface area contributed by atoms with Gasteiger partial charge in [0.2, 0.25) is 0 Å². The minimum atomic E-state index is -0.412. The lowest BCUT2D eigenvalue weighted by Crippen LogP contribution is -2.40. The molecule has 0 aliphatic rings. The van der Waals surface area contributed by atoms with Crippen LogP contribution in [0.15, 0.2) is 18.3 Å². The van der Waals surface area contributed by atoms with Crippen LogP contribution in [0.2, 0.25) is 0 Å². The van der Waals surface area contributed by atoms with Crippen LogP contribution in [-0.4, -0.2) is 30.1 Å². The van der Waals surface area contributed by atoms with Crippen LogP contribution in [0.1, 0.15) is 24.2 Å². The summed E-state index contributed by atoms with van der Waals surface area (Å²) in [6.45, 7) is 4.30. The number of nitrogens with one attached hydrogen (secondary N) is 1. The lowest BCUT2D eigenvalue weighted by molar-refractivity contribution is 0.0601. The Balaban J connectivity index is 2.83. The summed E-state index contributed by atoms with van der Waals surface area (Å²) in [4.78, 5) is 15.5. The van der Waals surface area contributed by atoms with Gasteiger partial charge in [0.05, 0.1) is 7.11 Å². The zero-order chi connectivity index (χ0) is 12.2. The second-order valence-electron chi connectivity index (χ2n) is 4.23. The number of aromatic nitrogens is 1. The molecule has 0 unspecified atom stereocenters. The molecule has 88 valence electrons. The zero-order valence-electron chi connectivity index (χ0n) is 9.78. The molecule has 16 heavy (non-hydrogen) atoms. The van der Waals surface area contributed by atoms with Crippen molar-refractivity contribution in [2.75, 3.05) is 19.0 Å². The fourth-order valence-electron chi connectivity index (χ4n) is 1.13. The fraction of sp³-hybridized carbons (Fsp3) is 0.455. The predicted octanol–water partition coefficient (Wildman–Crippen LogP) is 1.02. The zero-order valence-corrected chi connectivity index (χ0v) is 9.78. The Morgan fingerprint density at radius 2 is 2.31 bits per heavy atom. The summed E-state index contributed by atoms with van der Waals surface area (Å²) in [6, 6.07) is 3.34. The third-order valence-corrected chi connectivity index (χ3v) is 1.92. The number of esters is 1. The third kappa shape index (κ3) is 3.51. The number of carbonyl (C=O) groups excluding carboxylic acids is 1. The van der Waals surface area contributed by atoms with Gasteiger partial charge in [-0.25, -0.2) is 9.78 Å². The number of rotatable bonds is 4. The van der Waals surface area contributed by atoms with Crippen LogP contribution in [0.3, 0.4) is 0 Å². The summed E-state index contributed by atoms with van der Waals surface area (Å²) >= 11 is 0. The Labute approximate surface area is 95.0 Å². The molecule has 0 saturated carbocycles. The minimum Gasteiger partial charge on any atom is -0.465 e. The molecule has 1 aromatic heterocycles. The number of nitrogens with two attached hydrogens (primary N) is 1. The average molecular weight is 223 g/mol. The summed E-state index contributed by atoms with van der Waals surface area (Å²) in [5.41, 5.74) is 5.88. The van der Waals surface area contributed by atoms with E-state index in [2.05, 4.69) is 15.0 Å². The molecule has 5 nitrogen and oxygen atoms in total. The van der Waals surface area contributed by atoms with Gasteiger partial charge in [-0.2, -0.15) is 0 Å². The molecule has 5 heteroatoms. The maximum atomic E-state index is 11.4. The Morgan fingerprint density at radius 3 is 2.88 bits per heavy atom. The van der Waals surface area contributed by atoms with Crippen molar-refractivity contribution < 1.29 is 9.53 Å². The van der Waals surface area contributed by atoms with Crippen LogP contribution in [0.25, 0.3) is 0 Å². The van der Waals surface area contributed by atoms with Gasteiger partial charge >= 0.3 is 5.97 Å². The average Bonchev–Trinajstić information content (AvgIpc) is 2.25. The van der Waals surface area contributed by atoms with Gasteiger partial charge in [-0.3, -0.25) is 0 Å². The molecule has 0 aromatic carbocycles. The van der Waals surface area contributed by atoms with Gasteiger partial charge in [0, 0.05) is 18.3 Å². The van der Waals surface area contributed by atoms with Crippen molar-refractivity contribution in [3.8, 4) is 0 Å². The highest BCUT2D eigenvalue weighted by Crippen LogP contribution is 2.13. The number of hydrogen-bond acceptors (Lipinski definition) is 5. The quantitative estimate of drug-likeness (QED) is 0.745. The molecule has 1 aromatic rings. The van der Waals surface area contributed by atoms with E-state index >= 15 is 0 Å². The second kappa shape index (κ2) is 4.94. The van der Waals surface area contributed by atoms with Gasteiger partial charge in [-0.05, 0) is 26.0 Å². The minimum absolute atomic E-state index is 0.370. The van der Waals surface area contributed by atoms with Gasteiger partial charge in [0.1, 0.15) is 11.4 Å². The highest BCUT2D eigenvalue weighted by Gasteiger charge is 2.15. The molecule has 0 atom stereocenters. The van der Waals surface area contributed by atoms with Crippen LogP contribution in [-0.2, 0) is 4.74 Å². The van der Waals surface area contributed by atoms with Crippen molar-refractivity contribution in [2.24, 2.45) is 5.73 Å². The third-order valence-electron chi connectivity index (χ3n) is 1.92. The highest BCUT2D eigenvalue weighted by atomic mass is 16.5. The molecule has 0 bridgehead atoms. The molecule has 3 N–H and O–H groups in total. The largest absolute Gasteiger partial charge is 0.465 e. The summed E-state index contributed by atoms with van der Waals surface area (Å²) in [5, 5.41) is 3.03. The fourth-order valence-corrected chi connectivity index (χ4v) is 1.13. The van der Waals surface area contributed by atoms with E-state index in [1.54, 1.807) is 18.3 Å². The number of pyridine rings is 1. The van der Waals surface area contributed by atoms with E-state index in [4.69, 9.17) is 5.73 Å². The lowest BCUT2D eigenvalue weighted by atomic mass is 10.1. The predicted molar refractivity (Wildman–Crippen MR) is 62.3 cm³/mol. The SMILES string of the molecule is COC(=O)c1cccnc1NCC(C)(C)N. The number of hydrogen-bond donors (Lipinski definition) is 2. The van der Waals surface area contributed by atoms with Gasteiger partial charge in [-0.1, -0.05) is 0 Å². The van der Waals surface area contributed by atoms with Crippen LogP contribution in [0.5, 0.6) is 0 Å². The van der Waals surface area contributed by atoms with Gasteiger partial charge in [0.15, 0.2) is 0 Å². The Kier molecular flexibility index (Phi) is 3.84. The van der Waals surface area contributed by atoms with E-state index in [9.17, 15) is 4.79 Å². The Morgan fingerprint density at radius 1 is 1.62 bits per heavy atom. The molecule has 0 aliphatic carbocycles. The number of nitrogens with zero attached hydrogens (tertiary/aromatic N) is 1. The van der Waals surface area contributed by atoms with Gasteiger partial charge < -0.3 is 15.8 Å². The molecular formula is C11H17N3O2. The molecule has 1 rings (SSSR count). The van der Waals surface area contributed by atoms with Crippen molar-refractivity contribution in [2.45, 2.75) is 19.4 Å². The lowest BCUT2D eigenvalue weighted by Gasteiger charge is -2.20. The number of methoxy groups -OCH3 is 1. The second-order valence-corrected chi connectivity index (χ2v) is 4.23. The van der Waals surface area contributed by atoms with Crippen molar-refractivity contribution in [1.29, 1.82) is 0 Å². The molecule has 0 saturated heterocycles. The molecule has 0 spiro atoms. The number of carbonyl (C=O) groups is 1. The number of anilines is 1. The molecular weight excluding hydrogens is 206 g/mol. The standard InChI is InChI=1S/C11H17N3O2/c1-11(2,12)7-14-9-8(10(15)16-3)5-4-6-13-9/h4-6H,7,12H2,1-3H3,(H,13,14). The summed E-state index contributed by atoms with van der Waals surface area (Å²) in [6.07, 6.45) is 1.61. The van der Waals surface area contributed by atoms with E-state index in [1.165, 1.54) is 7.11 Å². The first-order valence-electron chi connectivity index (χ1n) is 5.00. The van der Waals surface area contributed by atoms with Crippen molar-refractivity contribution >= 4 is 11.8 Å². The van der Waals surface area contributed by atoms with Crippen LogP contribution < -0.4 is 11.1 Å². The van der Waals surface area contributed by atoms with E-state index in [1.807, 2.05) is 13.8 Å². The maximum absolute atomic E-state index is 11.4. The van der Waals surface area contributed by atoms with Crippen molar-refractivity contribution in [1.82, 2.24) is 4.98 Å². The monoisotopic (exact) mass is 223 g/mol. The summed E-state index contributed by atoms with van der Waals surface area (Å²) in [5.74, 6) is 0.0818. The van der Waals surface area contributed by atoms with Crippen LogP contribution >= 0.6 is 0 Å². The number of ether oxygens (including phenoxy) is 1. The Hall–Kier alpha value is -1.62. The topological polar surface area (TPSA) is 77.2 Å². The molecule has 0 amide bonds. The van der Waals surface area contributed by atoms with E-state index in [0.717, 1.165) is 0 Å². The molecule has 0 aliphatic heterocycles. The first-order chi connectivity index (χ1) is 7.44. The molecule has 1 heterocycles. The van der Waals surface area contributed by atoms with E-state index < -0.39 is 5.97 Å².